The zero-order chi connectivity index (χ0) is 15.9. The third kappa shape index (κ3) is 4.20. The average Bonchev–Trinajstić information content (AvgIpc) is 2.53. The first-order valence-electron chi connectivity index (χ1n) is 6.62. The van der Waals surface area contributed by atoms with Gasteiger partial charge in [0.05, 0.1) is 19.9 Å². The van der Waals surface area contributed by atoms with Crippen LogP contribution in [0.25, 0.3) is 0 Å². The number of hydrazone groups is 1. The molecular formula is C16H17N3O2S. The molecule has 2 aromatic carbocycles. The van der Waals surface area contributed by atoms with Crippen LogP contribution in [-0.2, 0) is 6.54 Å². The van der Waals surface area contributed by atoms with Crippen molar-refractivity contribution in [3.05, 3.63) is 59.7 Å². The number of aromatic hydroxyl groups is 1. The predicted molar refractivity (Wildman–Crippen MR) is 91.0 cm³/mol. The number of thiocarbonyl (C=S) groups is 1. The maximum Gasteiger partial charge on any atom is 0.187 e. The zero-order valence-corrected chi connectivity index (χ0v) is 13.0. The van der Waals surface area contributed by atoms with Gasteiger partial charge in [-0.05, 0) is 42.0 Å². The van der Waals surface area contributed by atoms with E-state index in [1.807, 2.05) is 30.3 Å². The molecule has 0 saturated carbocycles. The van der Waals surface area contributed by atoms with E-state index in [0.717, 1.165) is 11.3 Å². The summed E-state index contributed by atoms with van der Waals surface area (Å²) >= 11 is 5.02. The van der Waals surface area contributed by atoms with E-state index >= 15 is 0 Å². The lowest BCUT2D eigenvalue weighted by Gasteiger charge is -2.17. The molecule has 5 nitrogen and oxygen atoms in total. The number of nitrogens with zero attached hydrogens (tertiary/aromatic N) is 2. The first kappa shape index (κ1) is 15.8. The summed E-state index contributed by atoms with van der Waals surface area (Å²) in [6, 6.07) is 14.5. The highest BCUT2D eigenvalue weighted by atomic mass is 32.1. The van der Waals surface area contributed by atoms with Crippen molar-refractivity contribution in [3.63, 3.8) is 0 Å². The van der Waals surface area contributed by atoms with Gasteiger partial charge >= 0.3 is 0 Å². The Morgan fingerprint density at radius 2 is 1.95 bits per heavy atom. The molecule has 6 heteroatoms. The van der Waals surface area contributed by atoms with Crippen LogP contribution in [0.5, 0.6) is 11.5 Å². The van der Waals surface area contributed by atoms with Gasteiger partial charge in [-0.25, -0.2) is 5.01 Å². The smallest absolute Gasteiger partial charge is 0.187 e. The molecule has 3 N–H and O–H groups in total. The van der Waals surface area contributed by atoms with Gasteiger partial charge in [0.25, 0.3) is 0 Å². The van der Waals surface area contributed by atoms with Crippen LogP contribution >= 0.6 is 12.2 Å². The first-order chi connectivity index (χ1) is 10.6. The summed E-state index contributed by atoms with van der Waals surface area (Å²) in [5, 5.41) is 15.6. The van der Waals surface area contributed by atoms with Crippen molar-refractivity contribution >= 4 is 23.5 Å². The summed E-state index contributed by atoms with van der Waals surface area (Å²) in [4.78, 5) is 0. The van der Waals surface area contributed by atoms with Crippen molar-refractivity contribution in [2.45, 2.75) is 6.54 Å². The van der Waals surface area contributed by atoms with Crippen molar-refractivity contribution in [2.75, 3.05) is 7.11 Å². The summed E-state index contributed by atoms with van der Waals surface area (Å²) in [5.41, 5.74) is 7.28. The summed E-state index contributed by atoms with van der Waals surface area (Å²) in [5.74, 6) is 0.932. The lowest BCUT2D eigenvalue weighted by molar-refractivity contribution is 0.413. The second-order valence-corrected chi connectivity index (χ2v) is 4.97. The number of benzene rings is 2. The number of hydrogen-bond acceptors (Lipinski definition) is 4. The van der Waals surface area contributed by atoms with Crippen LogP contribution in [0.3, 0.4) is 0 Å². The fourth-order valence-electron chi connectivity index (χ4n) is 1.81. The fourth-order valence-corrected chi connectivity index (χ4v) is 1.92. The molecule has 0 fully saturated rings. The van der Waals surface area contributed by atoms with Crippen molar-refractivity contribution in [1.29, 1.82) is 0 Å². The SMILES string of the molecule is COc1ccc(CN(/N=C/c2ccccc2O)C(N)=S)cc1. The molecule has 0 aliphatic rings. The molecule has 0 saturated heterocycles. The molecule has 0 radical (unpaired) electrons. The predicted octanol–water partition coefficient (Wildman–Crippen LogP) is 2.48. The van der Waals surface area contributed by atoms with Gasteiger partial charge in [0.2, 0.25) is 0 Å². The largest absolute Gasteiger partial charge is 0.507 e. The second-order valence-electron chi connectivity index (χ2n) is 4.55. The van der Waals surface area contributed by atoms with Crippen molar-refractivity contribution < 1.29 is 9.84 Å². The lowest BCUT2D eigenvalue weighted by Crippen LogP contribution is -2.30. The van der Waals surface area contributed by atoms with Crippen LogP contribution in [0.2, 0.25) is 0 Å². The number of para-hydroxylation sites is 1. The van der Waals surface area contributed by atoms with Crippen LogP contribution in [0.4, 0.5) is 0 Å². The number of ether oxygens (including phenoxy) is 1. The maximum absolute atomic E-state index is 9.72. The highest BCUT2D eigenvalue weighted by Gasteiger charge is 2.06. The molecule has 0 unspecified atom stereocenters. The summed E-state index contributed by atoms with van der Waals surface area (Å²) in [6.07, 6.45) is 1.53. The van der Waals surface area contributed by atoms with Gasteiger partial charge < -0.3 is 15.6 Å². The highest BCUT2D eigenvalue weighted by molar-refractivity contribution is 7.80. The molecule has 0 aliphatic carbocycles. The molecular weight excluding hydrogens is 298 g/mol. The minimum Gasteiger partial charge on any atom is -0.507 e. The van der Waals surface area contributed by atoms with Crippen molar-refractivity contribution in [3.8, 4) is 11.5 Å². The zero-order valence-electron chi connectivity index (χ0n) is 12.1. The Bertz CT molecular complexity index is 671. The Morgan fingerprint density at radius 1 is 1.27 bits per heavy atom. The van der Waals surface area contributed by atoms with Gasteiger partial charge in [0.1, 0.15) is 11.5 Å². The molecule has 0 heterocycles. The van der Waals surface area contributed by atoms with Crippen LogP contribution in [0, 0.1) is 0 Å². The standard InChI is InChI=1S/C16H17N3O2S/c1-21-14-8-6-12(7-9-14)11-19(16(17)22)18-10-13-4-2-3-5-15(13)20/h2-10,20H,11H2,1H3,(H2,17,22)/b18-10+. The third-order valence-electron chi connectivity index (χ3n) is 3.02. The van der Waals surface area contributed by atoms with E-state index < -0.39 is 0 Å². The number of nitrogens with two attached hydrogens (primary N) is 1. The molecule has 0 spiro atoms. The van der Waals surface area contributed by atoms with E-state index in [2.05, 4.69) is 5.10 Å². The minimum atomic E-state index is 0.151. The summed E-state index contributed by atoms with van der Waals surface area (Å²) < 4.78 is 5.12. The third-order valence-corrected chi connectivity index (χ3v) is 3.23. The quantitative estimate of drug-likeness (QED) is 0.504. The number of phenols is 1. The summed E-state index contributed by atoms with van der Waals surface area (Å²) in [6.45, 7) is 0.434. The first-order valence-corrected chi connectivity index (χ1v) is 7.03. The van der Waals surface area contributed by atoms with E-state index in [4.69, 9.17) is 22.7 Å². The lowest BCUT2D eigenvalue weighted by atomic mass is 10.2. The van der Waals surface area contributed by atoms with E-state index in [1.165, 1.54) is 11.2 Å². The van der Waals surface area contributed by atoms with Gasteiger partial charge in [-0.3, -0.25) is 0 Å². The van der Waals surface area contributed by atoms with Gasteiger partial charge in [0.15, 0.2) is 5.11 Å². The van der Waals surface area contributed by atoms with E-state index in [1.54, 1.807) is 25.3 Å². The number of phenolic OH excluding ortho intramolecular Hbond substituents is 1. The second kappa shape index (κ2) is 7.42. The van der Waals surface area contributed by atoms with Crippen LogP contribution in [0.15, 0.2) is 53.6 Å². The van der Waals surface area contributed by atoms with Crippen LogP contribution in [0.1, 0.15) is 11.1 Å². The van der Waals surface area contributed by atoms with Gasteiger partial charge in [-0.15, -0.1) is 0 Å². The van der Waals surface area contributed by atoms with Crippen molar-refractivity contribution in [1.82, 2.24) is 5.01 Å². The molecule has 0 bridgehead atoms. The molecule has 0 aliphatic heterocycles. The molecule has 22 heavy (non-hydrogen) atoms. The molecule has 2 rings (SSSR count). The Balaban J connectivity index is 2.13. The number of rotatable bonds is 5. The molecule has 0 atom stereocenters. The topological polar surface area (TPSA) is 71.1 Å². The fraction of sp³-hybridized carbons (Fsp3) is 0.125. The summed E-state index contributed by atoms with van der Waals surface area (Å²) in [7, 11) is 1.62. The monoisotopic (exact) mass is 315 g/mol. The van der Waals surface area contributed by atoms with E-state index in [0.29, 0.717) is 12.1 Å². The molecule has 114 valence electrons. The molecule has 0 amide bonds. The van der Waals surface area contributed by atoms with Crippen molar-refractivity contribution in [2.24, 2.45) is 10.8 Å². The Labute approximate surface area is 134 Å². The number of methoxy groups -OCH3 is 1. The van der Waals surface area contributed by atoms with E-state index in [9.17, 15) is 5.11 Å². The van der Waals surface area contributed by atoms with Crippen LogP contribution in [-0.4, -0.2) is 28.6 Å². The number of hydrogen-bond donors (Lipinski definition) is 2. The minimum absolute atomic E-state index is 0.151. The van der Waals surface area contributed by atoms with Gasteiger partial charge in [-0.2, -0.15) is 5.10 Å². The van der Waals surface area contributed by atoms with Gasteiger partial charge in [0, 0.05) is 5.56 Å². The Hall–Kier alpha value is -2.60. The Morgan fingerprint density at radius 3 is 2.55 bits per heavy atom. The van der Waals surface area contributed by atoms with Crippen LogP contribution < -0.4 is 10.5 Å². The average molecular weight is 315 g/mol. The maximum atomic E-state index is 9.72. The van der Waals surface area contributed by atoms with E-state index in [-0.39, 0.29) is 10.9 Å². The van der Waals surface area contributed by atoms with Gasteiger partial charge in [-0.1, -0.05) is 24.3 Å². The highest BCUT2D eigenvalue weighted by Crippen LogP contribution is 2.15. The normalized spacial score (nSPS) is 10.6. The Kier molecular flexibility index (Phi) is 5.32. The molecule has 2 aromatic rings. The molecule has 0 aromatic heterocycles.